The van der Waals surface area contributed by atoms with Crippen molar-refractivity contribution in [3.63, 3.8) is 0 Å². The van der Waals surface area contributed by atoms with Crippen molar-refractivity contribution >= 4 is 126 Å². The molecule has 0 radical (unpaired) electrons. The van der Waals surface area contributed by atoms with Gasteiger partial charge in [-0.1, -0.05) is 0 Å². The summed E-state index contributed by atoms with van der Waals surface area (Å²) in [5.41, 5.74) is 16.6. The van der Waals surface area contributed by atoms with Crippen LogP contribution in [0.3, 0.4) is 0 Å². The Labute approximate surface area is 423 Å². The normalized spacial score (nSPS) is 15.6. The van der Waals surface area contributed by atoms with Gasteiger partial charge in [0.15, 0.2) is 0 Å². The zero-order chi connectivity index (χ0) is 45.1. The van der Waals surface area contributed by atoms with Crippen molar-refractivity contribution in [3.8, 4) is 22.3 Å². The van der Waals surface area contributed by atoms with Gasteiger partial charge in [0, 0.05) is 0 Å². The predicted octanol–water partition coefficient (Wildman–Crippen LogP) is 17.4. The van der Waals surface area contributed by atoms with Crippen LogP contribution in [-0.4, -0.2) is 21.6 Å². The number of rotatable bonds is 8. The van der Waals surface area contributed by atoms with Crippen LogP contribution in [0.15, 0.2) is 69.5 Å². The van der Waals surface area contributed by atoms with Crippen LogP contribution in [-0.2, 0) is 20.4 Å². The first kappa shape index (κ1) is 51.6. The van der Waals surface area contributed by atoms with Crippen LogP contribution < -0.4 is 10.4 Å². The van der Waals surface area contributed by atoms with Crippen molar-refractivity contribution in [2.24, 2.45) is 0 Å². The topological polar surface area (TPSA) is 26.3 Å². The molecule has 0 fully saturated rings. The van der Waals surface area contributed by atoms with E-state index in [-0.39, 0.29) is 32.1 Å². The quantitative estimate of drug-likeness (QED) is 0.142. The van der Waals surface area contributed by atoms with E-state index in [1.54, 1.807) is 0 Å². The third-order valence-corrected chi connectivity index (χ3v) is 38.2. The number of hydrogen-bond donors (Lipinski definition) is 0. The number of halogens is 6. The molecule has 0 bridgehead atoms. The second-order valence-corrected chi connectivity index (χ2v) is 49.4. The third kappa shape index (κ3) is 9.11. The molecule has 0 N–H and O–H groups in total. The fourth-order valence-corrected chi connectivity index (χ4v) is 37.4. The Morgan fingerprint density at radius 2 is 0.844 bits per heavy atom. The molecule has 2 aliphatic carbocycles. The summed E-state index contributed by atoms with van der Waals surface area (Å²) < 4.78 is 13.7. The second kappa shape index (κ2) is 18.9. The molecule has 2 unspecified atom stereocenters. The molecule has 0 amide bonds. The van der Waals surface area contributed by atoms with Crippen LogP contribution in [0.1, 0.15) is 74.8 Å². The Morgan fingerprint density at radius 1 is 0.516 bits per heavy atom. The molecule has 2 aromatic heterocycles. The molecule has 0 saturated carbocycles. The number of hydrogen-bond acceptors (Lipinski definition) is 2. The summed E-state index contributed by atoms with van der Waals surface area (Å²) in [4.78, 5) is 0. The Kier molecular flexibility index (Phi) is 15.3. The van der Waals surface area contributed by atoms with Gasteiger partial charge in [0.05, 0.1) is 0 Å². The van der Waals surface area contributed by atoms with Gasteiger partial charge < -0.3 is 0 Å². The molecule has 2 aliphatic rings. The van der Waals surface area contributed by atoms with Gasteiger partial charge in [0.2, 0.25) is 0 Å². The summed E-state index contributed by atoms with van der Waals surface area (Å²) in [5.74, 6) is 3.75. The standard InChI is InChI=1S/2C25H25Cl2OSi.C2H6Si.2ClH.Zr/c2*1-14-9-17-10-18(23-8-7-15(2)28-23)11-20(17)24(16(14)3)19-12-21(26)25(22(27)13-19)29(4,5)6;1-3-2;;;/h2*7-13H,1-6H3;1-2H3;2*1H;. The fourth-order valence-electron chi connectivity index (χ4n) is 10.2. The molecule has 0 aliphatic heterocycles. The summed E-state index contributed by atoms with van der Waals surface area (Å²) in [6.07, 6.45) is 4.93. The maximum atomic E-state index is 7.20. The van der Waals surface area contributed by atoms with E-state index in [4.69, 9.17) is 55.2 Å². The van der Waals surface area contributed by atoms with E-state index in [9.17, 15) is 0 Å². The number of fused-ring (bicyclic) bond motifs is 2. The monoisotopic (exact) mass is 1100 g/mol. The van der Waals surface area contributed by atoms with Crippen molar-refractivity contribution in [2.75, 3.05) is 0 Å². The van der Waals surface area contributed by atoms with Gasteiger partial charge in [0.25, 0.3) is 0 Å². The zero-order valence-electron chi connectivity index (χ0n) is 39.2. The number of allylic oxidation sites excluding steroid dienone is 2. The summed E-state index contributed by atoms with van der Waals surface area (Å²) in [6, 6.07) is 22.3. The molecule has 4 aromatic carbocycles. The van der Waals surface area contributed by atoms with E-state index in [1.807, 2.05) is 13.8 Å². The first-order valence-corrected chi connectivity index (χ1v) is 39.0. The largest absolute Gasteiger partial charge is 0.147 e. The van der Waals surface area contributed by atoms with Crippen molar-refractivity contribution in [3.05, 3.63) is 148 Å². The first-order chi connectivity index (χ1) is 29.0. The zero-order valence-corrected chi connectivity index (χ0v) is 49.3. The summed E-state index contributed by atoms with van der Waals surface area (Å²) >= 11 is 25.9. The van der Waals surface area contributed by atoms with E-state index < -0.39 is 41.9 Å². The average Bonchev–Trinajstić information content (AvgIpc) is 3.94. The van der Waals surface area contributed by atoms with Crippen LogP contribution in [0, 0.1) is 41.5 Å². The van der Waals surface area contributed by atoms with Crippen LogP contribution in [0.4, 0.5) is 0 Å². The van der Waals surface area contributed by atoms with Gasteiger partial charge >= 0.3 is 403 Å². The molecule has 6 aromatic rings. The molecule has 336 valence electrons. The van der Waals surface area contributed by atoms with Gasteiger partial charge in [0.1, 0.15) is 0 Å². The third-order valence-electron chi connectivity index (χ3n) is 13.1. The van der Waals surface area contributed by atoms with Gasteiger partial charge in [-0.15, -0.1) is 24.8 Å². The summed E-state index contributed by atoms with van der Waals surface area (Å²) in [5, 5.41) is 5.26. The van der Waals surface area contributed by atoms with Crippen molar-refractivity contribution < 1.29 is 29.2 Å². The average molecular weight is 1100 g/mol. The van der Waals surface area contributed by atoms with Crippen LogP contribution in [0.2, 0.25) is 72.5 Å². The summed E-state index contributed by atoms with van der Waals surface area (Å²) in [7, 11) is -3.62. The van der Waals surface area contributed by atoms with E-state index in [1.165, 1.54) is 66.8 Å². The van der Waals surface area contributed by atoms with E-state index in [0.717, 1.165) is 64.6 Å². The molecule has 64 heavy (non-hydrogen) atoms. The molecule has 8 rings (SSSR count). The van der Waals surface area contributed by atoms with Crippen molar-refractivity contribution in [1.82, 2.24) is 0 Å². The van der Waals surface area contributed by atoms with Crippen LogP contribution in [0.25, 0.3) is 45.6 Å². The van der Waals surface area contributed by atoms with E-state index >= 15 is 0 Å². The molecule has 0 spiro atoms. The maximum Gasteiger partial charge on any atom is -0.147 e. The van der Waals surface area contributed by atoms with Crippen LogP contribution in [0.5, 0.6) is 0 Å². The van der Waals surface area contributed by atoms with Gasteiger partial charge in [-0.2, -0.15) is 0 Å². The molecule has 2 atom stereocenters. The molecule has 0 saturated heterocycles. The maximum absolute atomic E-state index is 7.20. The number of aryl methyl sites for hydroxylation is 4. The Bertz CT molecular complexity index is 2730. The summed E-state index contributed by atoms with van der Waals surface area (Å²) in [6.45, 7) is 32.1. The minimum absolute atomic E-state index is 0. The molecular formula is C52H58Cl6O2Si3Zr. The Balaban J connectivity index is 0.00000340. The molecule has 2 nitrogen and oxygen atoms in total. The van der Waals surface area contributed by atoms with Gasteiger partial charge in [-0.25, -0.2) is 0 Å². The van der Waals surface area contributed by atoms with E-state index in [0.29, 0.717) is 0 Å². The Morgan fingerprint density at radius 3 is 1.11 bits per heavy atom. The van der Waals surface area contributed by atoms with Gasteiger partial charge in [-0.05, 0) is 0 Å². The Hall–Kier alpha value is -1.81. The fraction of sp³-hybridized carbons (Fsp3) is 0.308. The van der Waals surface area contributed by atoms with Gasteiger partial charge in [-0.3, -0.25) is 0 Å². The van der Waals surface area contributed by atoms with Crippen molar-refractivity contribution in [2.45, 2.75) is 101 Å². The smallest absolute Gasteiger partial charge is 0.147 e. The second-order valence-electron chi connectivity index (χ2n) is 19.9. The minimum Gasteiger partial charge on any atom is -0.147 e. The molecular weight excluding hydrogens is 1040 g/mol. The number of benzene rings is 4. The van der Waals surface area contributed by atoms with E-state index in [2.05, 4.69) is 153 Å². The molecule has 2 heterocycles. The SMILES string of the molecule is Cc1ccc(C2=Cc3c(cc(C)c(C)c3-c3cc(Cl)c([Si](C)(C)C)c(Cl)c3)[CH]2[Zr]([CH]2C(c3ccc(C)o3)=Cc3c2cc(C)c(C)c3-c2cc(Cl)c([Si](C)(C)C)c(Cl)c2)=[Si](C)C)o1.Cl.Cl. The number of furan rings is 2. The first-order valence-electron chi connectivity index (χ1n) is 21.5. The van der Waals surface area contributed by atoms with Crippen molar-refractivity contribution in [1.29, 1.82) is 0 Å². The minimum atomic E-state index is -2.87. The predicted molar refractivity (Wildman–Crippen MR) is 289 cm³/mol. The van der Waals surface area contributed by atoms with Crippen LogP contribution >= 0.6 is 71.2 Å². The molecule has 12 heteroatoms.